The highest BCUT2D eigenvalue weighted by Crippen LogP contribution is 2.12. The molecular weight excluding hydrogens is 374 g/mol. The number of nitrogens with zero attached hydrogens (tertiary/aromatic N) is 1. The molecule has 7 nitrogen and oxygen atoms in total. The molecule has 158 valence electrons. The van der Waals surface area contributed by atoms with E-state index >= 15 is 0 Å². The molecule has 0 saturated carbocycles. The SMILES string of the molecule is C=C(C)C(=O)O.CON(C)C(=O)C(C)=CC=C(CCCc1ccccc1)C(=O)O. The highest BCUT2D eigenvalue weighted by molar-refractivity contribution is 5.93. The Morgan fingerprint density at radius 3 is 2.07 bits per heavy atom. The minimum Gasteiger partial charge on any atom is -0.478 e. The number of rotatable bonds is 9. The van der Waals surface area contributed by atoms with Crippen LogP contribution in [-0.2, 0) is 25.6 Å². The number of allylic oxidation sites excluding steroid dienone is 2. The molecule has 1 aromatic rings. The molecule has 0 saturated heterocycles. The third kappa shape index (κ3) is 11.3. The van der Waals surface area contributed by atoms with Gasteiger partial charge in [-0.15, -0.1) is 0 Å². The van der Waals surface area contributed by atoms with Gasteiger partial charge in [0.15, 0.2) is 0 Å². The minimum atomic E-state index is -0.963. The van der Waals surface area contributed by atoms with Gasteiger partial charge in [0.05, 0.1) is 7.11 Å². The predicted octanol–water partition coefficient (Wildman–Crippen LogP) is 3.63. The Kier molecular flexibility index (Phi) is 12.4. The van der Waals surface area contributed by atoms with Crippen LogP contribution in [0.5, 0.6) is 0 Å². The van der Waals surface area contributed by atoms with Crippen LogP contribution in [0.3, 0.4) is 0 Å². The summed E-state index contributed by atoms with van der Waals surface area (Å²) in [5, 5.41) is 18.2. The van der Waals surface area contributed by atoms with Crippen LogP contribution in [0.1, 0.15) is 32.3 Å². The number of aryl methyl sites for hydroxylation is 1. The number of hydrogen-bond acceptors (Lipinski definition) is 4. The lowest BCUT2D eigenvalue weighted by molar-refractivity contribution is -0.163. The zero-order valence-electron chi connectivity index (χ0n) is 17.3. The molecule has 7 heteroatoms. The molecule has 0 aliphatic rings. The Bertz CT molecular complexity index is 753. The van der Waals surface area contributed by atoms with E-state index in [0.29, 0.717) is 12.0 Å². The van der Waals surface area contributed by atoms with Crippen molar-refractivity contribution in [2.24, 2.45) is 0 Å². The first-order valence-corrected chi connectivity index (χ1v) is 8.95. The lowest BCUT2D eigenvalue weighted by atomic mass is 10.0. The number of carbonyl (C=O) groups excluding carboxylic acids is 1. The van der Waals surface area contributed by atoms with E-state index in [9.17, 15) is 19.5 Å². The van der Waals surface area contributed by atoms with Gasteiger partial charge in [0.1, 0.15) is 0 Å². The van der Waals surface area contributed by atoms with E-state index < -0.39 is 11.9 Å². The molecule has 1 rings (SSSR count). The zero-order chi connectivity index (χ0) is 22.4. The van der Waals surface area contributed by atoms with E-state index in [1.807, 2.05) is 30.3 Å². The molecule has 0 aliphatic heterocycles. The fourth-order valence-corrected chi connectivity index (χ4v) is 2.02. The van der Waals surface area contributed by atoms with Crippen LogP contribution >= 0.6 is 0 Å². The Morgan fingerprint density at radius 1 is 1.07 bits per heavy atom. The topological polar surface area (TPSA) is 104 Å². The molecule has 0 atom stereocenters. The van der Waals surface area contributed by atoms with Crippen molar-refractivity contribution in [2.45, 2.75) is 33.1 Å². The molecule has 0 aromatic heterocycles. The minimum absolute atomic E-state index is 0.176. The summed E-state index contributed by atoms with van der Waals surface area (Å²) < 4.78 is 0. The number of amides is 1. The van der Waals surface area contributed by atoms with Gasteiger partial charge in [-0.3, -0.25) is 9.63 Å². The predicted molar refractivity (Wildman–Crippen MR) is 111 cm³/mol. The Hall–Kier alpha value is -3.19. The summed E-state index contributed by atoms with van der Waals surface area (Å²) in [7, 11) is 2.90. The smallest absolute Gasteiger partial charge is 0.331 e. The van der Waals surface area contributed by atoms with E-state index in [1.165, 1.54) is 38.8 Å². The molecule has 0 spiro atoms. The quantitative estimate of drug-likeness (QED) is 0.371. The van der Waals surface area contributed by atoms with E-state index in [2.05, 4.69) is 6.58 Å². The largest absolute Gasteiger partial charge is 0.478 e. The number of hydroxylamine groups is 2. The molecule has 2 N–H and O–H groups in total. The van der Waals surface area contributed by atoms with Gasteiger partial charge in [0, 0.05) is 23.8 Å². The average Bonchev–Trinajstić information content (AvgIpc) is 2.69. The Balaban J connectivity index is 0.00000113. The number of likely N-dealkylation sites (N-methyl/N-ethyl adjacent to an activating group) is 1. The van der Waals surface area contributed by atoms with Crippen LogP contribution in [0.4, 0.5) is 0 Å². The number of hydrogen-bond donors (Lipinski definition) is 2. The van der Waals surface area contributed by atoms with E-state index in [0.717, 1.165) is 17.9 Å². The molecule has 29 heavy (non-hydrogen) atoms. The molecule has 1 aromatic carbocycles. The van der Waals surface area contributed by atoms with Crippen LogP contribution in [0, 0.1) is 0 Å². The highest BCUT2D eigenvalue weighted by atomic mass is 16.7. The van der Waals surface area contributed by atoms with Gasteiger partial charge in [0.2, 0.25) is 0 Å². The first-order valence-electron chi connectivity index (χ1n) is 8.95. The zero-order valence-corrected chi connectivity index (χ0v) is 17.3. The molecule has 0 bridgehead atoms. The van der Waals surface area contributed by atoms with Crippen LogP contribution in [-0.4, -0.2) is 47.3 Å². The molecule has 0 heterocycles. The normalized spacial score (nSPS) is 11.2. The van der Waals surface area contributed by atoms with Crippen LogP contribution in [0.2, 0.25) is 0 Å². The molecule has 0 radical (unpaired) electrons. The van der Waals surface area contributed by atoms with Crippen LogP contribution in [0.15, 0.2) is 65.8 Å². The molecule has 0 fully saturated rings. The monoisotopic (exact) mass is 403 g/mol. The number of benzene rings is 1. The summed E-state index contributed by atoms with van der Waals surface area (Å²) in [6.07, 6.45) is 5.01. The first kappa shape index (κ1) is 25.8. The third-order valence-corrected chi connectivity index (χ3v) is 3.83. The van der Waals surface area contributed by atoms with Crippen molar-refractivity contribution in [1.82, 2.24) is 5.06 Å². The summed E-state index contributed by atoms with van der Waals surface area (Å²) >= 11 is 0. The van der Waals surface area contributed by atoms with Crippen molar-refractivity contribution in [3.63, 3.8) is 0 Å². The highest BCUT2D eigenvalue weighted by Gasteiger charge is 2.10. The van der Waals surface area contributed by atoms with Crippen molar-refractivity contribution in [3.8, 4) is 0 Å². The maximum Gasteiger partial charge on any atom is 0.331 e. The van der Waals surface area contributed by atoms with E-state index in [1.54, 1.807) is 6.92 Å². The summed E-state index contributed by atoms with van der Waals surface area (Å²) in [6.45, 7) is 6.22. The van der Waals surface area contributed by atoms with Gasteiger partial charge in [-0.1, -0.05) is 49.1 Å². The average molecular weight is 403 g/mol. The van der Waals surface area contributed by atoms with Gasteiger partial charge in [-0.2, -0.15) is 0 Å². The van der Waals surface area contributed by atoms with Crippen molar-refractivity contribution in [3.05, 3.63) is 71.3 Å². The standard InChI is InChI=1S/C18H23NO4.C4H6O2/c1-14(17(20)19(2)23-3)12-13-16(18(21)22)11-7-10-15-8-5-4-6-9-15;1-3(2)4(5)6/h4-6,8-9,12-13H,7,10-11H2,1-3H3,(H,21,22);1H2,2H3,(H,5,6). The Labute approximate surface area is 171 Å². The molecule has 0 unspecified atom stereocenters. The van der Waals surface area contributed by atoms with Crippen molar-refractivity contribution >= 4 is 17.8 Å². The van der Waals surface area contributed by atoms with E-state index in [-0.39, 0.29) is 17.1 Å². The molecule has 1 amide bonds. The number of carboxylic acids is 2. The van der Waals surface area contributed by atoms with Gasteiger partial charge in [-0.05, 0) is 38.7 Å². The van der Waals surface area contributed by atoms with Crippen molar-refractivity contribution < 1.29 is 29.4 Å². The summed E-state index contributed by atoms with van der Waals surface area (Å²) in [6, 6.07) is 9.93. The fraction of sp³-hybridized carbons (Fsp3) is 0.318. The van der Waals surface area contributed by atoms with Crippen LogP contribution < -0.4 is 0 Å². The van der Waals surface area contributed by atoms with Crippen molar-refractivity contribution in [2.75, 3.05) is 14.2 Å². The number of carbonyl (C=O) groups is 3. The van der Waals surface area contributed by atoms with Gasteiger partial charge in [0.25, 0.3) is 5.91 Å². The van der Waals surface area contributed by atoms with Gasteiger partial charge in [-0.25, -0.2) is 14.7 Å². The second-order valence-electron chi connectivity index (χ2n) is 6.26. The summed E-state index contributed by atoms with van der Waals surface area (Å²) in [4.78, 5) is 37.5. The third-order valence-electron chi connectivity index (χ3n) is 3.83. The lowest BCUT2D eigenvalue weighted by Crippen LogP contribution is -2.25. The summed E-state index contributed by atoms with van der Waals surface area (Å²) in [5.41, 5.74) is 2.06. The number of carboxylic acid groups (broad SMARTS) is 2. The summed E-state index contributed by atoms with van der Waals surface area (Å²) in [5.74, 6) is -2.21. The van der Waals surface area contributed by atoms with Crippen LogP contribution in [0.25, 0.3) is 0 Å². The van der Waals surface area contributed by atoms with Crippen molar-refractivity contribution in [1.29, 1.82) is 0 Å². The van der Waals surface area contributed by atoms with E-state index in [4.69, 9.17) is 9.94 Å². The van der Waals surface area contributed by atoms with Gasteiger partial charge >= 0.3 is 11.9 Å². The fourth-order valence-electron chi connectivity index (χ4n) is 2.02. The second-order valence-corrected chi connectivity index (χ2v) is 6.26. The van der Waals surface area contributed by atoms with Gasteiger partial charge < -0.3 is 10.2 Å². The maximum atomic E-state index is 11.8. The second kappa shape index (κ2) is 13.9. The Morgan fingerprint density at radius 2 is 1.62 bits per heavy atom. The lowest BCUT2D eigenvalue weighted by Gasteiger charge is -2.13. The first-order chi connectivity index (χ1) is 13.6. The number of aliphatic carboxylic acids is 2. The maximum absolute atomic E-state index is 11.8. The molecular formula is C22H29NO6. The molecule has 0 aliphatic carbocycles.